The number of phenols is 4. The molecule has 24 heteroatoms. The normalized spacial score (nSPS) is 39.4. The first-order valence-corrected chi connectivity index (χ1v) is 20.1. The molecule has 0 bridgehead atoms. The van der Waals surface area contributed by atoms with Gasteiger partial charge in [0, 0.05) is 17.7 Å². The van der Waals surface area contributed by atoms with Gasteiger partial charge in [0.2, 0.25) is 17.5 Å². The second-order valence-corrected chi connectivity index (χ2v) is 16.1. The summed E-state index contributed by atoms with van der Waals surface area (Å²) in [5, 5.41) is 161. The number of nitrogens with one attached hydrogen (secondary N) is 1. The summed E-state index contributed by atoms with van der Waals surface area (Å²) in [5.74, 6) is -3.78. The minimum absolute atomic E-state index is 0.0293. The van der Waals surface area contributed by atoms with E-state index in [1.165, 1.54) is 26.0 Å². The minimum atomic E-state index is -2.18. The predicted octanol–water partition coefficient (Wildman–Crippen LogP) is -4.85. The van der Waals surface area contributed by atoms with Crippen LogP contribution in [0.5, 0.6) is 28.7 Å². The Hall–Kier alpha value is -4.29. The zero-order valence-corrected chi connectivity index (χ0v) is 33.8. The molecule has 19 atom stereocenters. The molecule has 3 aliphatic heterocycles. The van der Waals surface area contributed by atoms with Crippen LogP contribution in [0.1, 0.15) is 13.8 Å². The van der Waals surface area contributed by atoms with E-state index in [1.54, 1.807) is 0 Å². The molecule has 3 fully saturated rings. The van der Waals surface area contributed by atoms with E-state index in [9.17, 15) is 81.4 Å². The van der Waals surface area contributed by atoms with E-state index in [0.29, 0.717) is 0 Å². The Morgan fingerprint density at radius 1 is 0.672 bits per heavy atom. The van der Waals surface area contributed by atoms with Crippen LogP contribution in [0.25, 0.3) is 22.3 Å². The fourth-order valence-corrected chi connectivity index (χ4v) is 8.08. The predicted molar refractivity (Wildman–Crippen MR) is 209 cm³/mol. The van der Waals surface area contributed by atoms with Gasteiger partial charge in [-0.2, -0.15) is 0 Å². The summed E-state index contributed by atoms with van der Waals surface area (Å²) in [7, 11) is 0. The molecule has 4 heterocycles. The molecule has 0 saturated carbocycles. The van der Waals surface area contributed by atoms with Gasteiger partial charge in [-0.3, -0.25) is 4.79 Å². The lowest BCUT2D eigenvalue weighted by molar-refractivity contribution is -0.352. The summed E-state index contributed by atoms with van der Waals surface area (Å²) in [6.45, 7) is 1.36. The number of aromatic hydroxyl groups is 4. The fraction of sp³-hybridized carbons (Fsp3) is 0.575. The van der Waals surface area contributed by atoms with Crippen molar-refractivity contribution in [3.63, 3.8) is 0 Å². The lowest BCUT2D eigenvalue weighted by atomic mass is 9.86. The van der Waals surface area contributed by atoms with Crippen LogP contribution in [0, 0.1) is 0 Å². The highest BCUT2D eigenvalue weighted by molar-refractivity contribution is 5.88. The maximum Gasteiger partial charge on any atom is 0.239 e. The van der Waals surface area contributed by atoms with E-state index in [4.69, 9.17) is 32.8 Å². The first-order chi connectivity index (χ1) is 30.2. The molecular weight excluding hydrogens is 862 g/mol. The molecule has 4 aliphatic rings. The molecule has 1 aromatic heterocycles. The highest BCUT2D eigenvalue weighted by Crippen LogP contribution is 2.40. The van der Waals surface area contributed by atoms with Gasteiger partial charge >= 0.3 is 0 Å². The van der Waals surface area contributed by atoms with Crippen LogP contribution >= 0.6 is 0 Å². The van der Waals surface area contributed by atoms with E-state index >= 15 is 0 Å². The average Bonchev–Trinajstić information content (AvgIpc) is 3.25. The van der Waals surface area contributed by atoms with Gasteiger partial charge in [0.15, 0.2) is 29.8 Å². The Bertz CT molecular complexity index is 2220. The summed E-state index contributed by atoms with van der Waals surface area (Å²) in [4.78, 5) is 14.1. The average molecular weight is 914 g/mol. The van der Waals surface area contributed by atoms with Crippen LogP contribution in [0.15, 0.2) is 51.2 Å². The number of rotatable bonds is 11. The van der Waals surface area contributed by atoms with Crippen LogP contribution in [-0.4, -0.2) is 206 Å². The van der Waals surface area contributed by atoms with Gasteiger partial charge in [0.05, 0.1) is 37.5 Å². The van der Waals surface area contributed by atoms with E-state index in [-0.39, 0.29) is 16.7 Å². The third-order valence-electron chi connectivity index (χ3n) is 11.8. The first kappa shape index (κ1) is 47.7. The second kappa shape index (κ2) is 18.9. The van der Waals surface area contributed by atoms with Crippen LogP contribution in [0.3, 0.4) is 0 Å². The number of aliphatic hydroxyl groups excluding tert-OH is 11. The lowest BCUT2D eigenvalue weighted by Crippen LogP contribution is -2.68. The molecule has 0 spiro atoms. The minimum Gasteiger partial charge on any atom is -0.508 e. The molecule has 2 aromatic carbocycles. The van der Waals surface area contributed by atoms with Gasteiger partial charge in [0.25, 0.3) is 0 Å². The number of benzene rings is 2. The number of phenolic OH excluding ortho intramolecular Hbond substituents is 4. The van der Waals surface area contributed by atoms with Crippen LogP contribution in [0.2, 0.25) is 0 Å². The summed E-state index contributed by atoms with van der Waals surface area (Å²) in [6.07, 6.45) is -28.1. The van der Waals surface area contributed by atoms with Crippen molar-refractivity contribution in [2.75, 3.05) is 13.2 Å². The Balaban J connectivity index is 1.19. The first-order valence-electron chi connectivity index (χ1n) is 20.1. The summed E-state index contributed by atoms with van der Waals surface area (Å²) >= 11 is 0. The molecule has 24 nitrogen and oxygen atoms in total. The zero-order valence-electron chi connectivity index (χ0n) is 33.8. The molecule has 10 unspecified atom stereocenters. The van der Waals surface area contributed by atoms with Crippen molar-refractivity contribution < 1.29 is 109 Å². The van der Waals surface area contributed by atoms with E-state index in [2.05, 4.69) is 5.32 Å². The molecule has 16 N–H and O–H groups in total. The van der Waals surface area contributed by atoms with Crippen molar-refractivity contribution in [3.05, 3.63) is 52.2 Å². The Kier molecular flexibility index (Phi) is 14.1. The SMILES string of the molecule is C[C@@H]1OC(OCC2OC(Oc3c(-c4ccc(O)c(O)c4)oc4cc(O)cc(O)c4c3=O)[C@H](O)C(O)[C@@H]2O[C@H]2O[C@H](C)C(NC3C=C(CO)C(O)C(O)[C@H]3O)[C@H](O)C2O)[C@H](O)[C@H](O)C1O. The van der Waals surface area contributed by atoms with Crippen molar-refractivity contribution in [1.29, 1.82) is 0 Å². The van der Waals surface area contributed by atoms with Crippen molar-refractivity contribution in [2.45, 2.75) is 130 Å². The van der Waals surface area contributed by atoms with E-state index < -0.39 is 175 Å². The molecular formula is C40H51NO23. The maximum absolute atomic E-state index is 14.1. The largest absolute Gasteiger partial charge is 0.508 e. The smallest absolute Gasteiger partial charge is 0.239 e. The monoisotopic (exact) mass is 913 g/mol. The molecule has 0 radical (unpaired) electrons. The Morgan fingerprint density at radius 3 is 2.03 bits per heavy atom. The van der Waals surface area contributed by atoms with Gasteiger partial charge in [-0.1, -0.05) is 6.08 Å². The van der Waals surface area contributed by atoms with Gasteiger partial charge in [-0.15, -0.1) is 0 Å². The maximum atomic E-state index is 14.1. The molecule has 3 aromatic rings. The molecule has 0 amide bonds. The van der Waals surface area contributed by atoms with E-state index in [1.807, 2.05) is 0 Å². The molecule has 354 valence electrons. The van der Waals surface area contributed by atoms with Crippen molar-refractivity contribution >= 4 is 11.0 Å². The van der Waals surface area contributed by atoms with Crippen LogP contribution in [0.4, 0.5) is 0 Å². The molecule has 64 heavy (non-hydrogen) atoms. The molecule has 7 rings (SSSR count). The van der Waals surface area contributed by atoms with Crippen molar-refractivity contribution in [3.8, 4) is 40.1 Å². The second-order valence-electron chi connectivity index (χ2n) is 16.1. The Labute approximate surface area is 361 Å². The van der Waals surface area contributed by atoms with Gasteiger partial charge in [0.1, 0.15) is 95.7 Å². The van der Waals surface area contributed by atoms with Crippen molar-refractivity contribution in [2.24, 2.45) is 0 Å². The molecule has 1 aliphatic carbocycles. The van der Waals surface area contributed by atoms with Gasteiger partial charge < -0.3 is 115 Å². The third-order valence-corrected chi connectivity index (χ3v) is 11.8. The summed E-state index contributed by atoms with van der Waals surface area (Å²) in [5.41, 5.74) is -1.62. The van der Waals surface area contributed by atoms with Crippen molar-refractivity contribution in [1.82, 2.24) is 5.32 Å². The number of hydrogen-bond acceptors (Lipinski definition) is 24. The fourth-order valence-electron chi connectivity index (χ4n) is 8.08. The number of aliphatic hydroxyl groups is 11. The van der Waals surface area contributed by atoms with Crippen LogP contribution in [-0.2, 0) is 23.7 Å². The summed E-state index contributed by atoms with van der Waals surface area (Å²) < 4.78 is 40.9. The van der Waals surface area contributed by atoms with Gasteiger partial charge in [-0.05, 0) is 37.6 Å². The quantitative estimate of drug-likeness (QED) is 0.0633. The highest BCUT2D eigenvalue weighted by Gasteiger charge is 2.53. The van der Waals surface area contributed by atoms with Gasteiger partial charge in [-0.25, -0.2) is 0 Å². The topological polar surface area (TPSA) is 401 Å². The molecule has 3 saturated heterocycles. The standard InChI is InChI=1S/C40H51NO23/c1-11-23(41-16-5-14(9-42)25(48)30(53)26(16)49)28(51)32(55)39(59-11)63-36-21(10-58-38-33(56)29(52)24(47)12(2)60-38)62-40(34(57)31(36)54)64-37-27(50)22-19(46)7-15(43)8-20(22)61-35(37)13-3-4-17(44)18(45)6-13/h3-8,11-12,16,21,23-26,28-34,36,38-49,51-57H,9-10H2,1-2H3/t11-,12+,16?,21?,23?,24?,25?,26+,28+,29-,30?,31?,32?,33-,34-,36-,38?,39-,40?/m1/s1. The van der Waals surface area contributed by atoms with Crippen LogP contribution < -0.4 is 15.5 Å². The number of hydrogen-bond donors (Lipinski definition) is 16. The highest BCUT2D eigenvalue weighted by atomic mass is 16.8. The summed E-state index contributed by atoms with van der Waals surface area (Å²) in [6, 6.07) is 2.66. The van der Waals surface area contributed by atoms with E-state index in [0.717, 1.165) is 24.3 Å². The Morgan fingerprint density at radius 2 is 1.34 bits per heavy atom. The third kappa shape index (κ3) is 8.99. The lowest BCUT2D eigenvalue weighted by Gasteiger charge is -2.48. The zero-order chi connectivity index (χ0) is 46.6. The number of fused-ring (bicyclic) bond motifs is 1. The number of ether oxygens (including phenoxy) is 6.